The molecule has 0 unspecified atom stereocenters. The van der Waals surface area contributed by atoms with Gasteiger partial charge < -0.3 is 16.4 Å². The Morgan fingerprint density at radius 2 is 2.19 bits per heavy atom. The van der Waals surface area contributed by atoms with E-state index in [1.54, 1.807) is 11.3 Å². The third kappa shape index (κ3) is 3.86. The molecule has 0 saturated carbocycles. The molecule has 0 saturated heterocycles. The zero-order valence-corrected chi connectivity index (χ0v) is 13.3. The quantitative estimate of drug-likeness (QED) is 0.578. The number of thiazole rings is 1. The molecule has 0 aliphatic rings. The molecular weight excluding hydrogens is 280 g/mol. The predicted octanol–water partition coefficient (Wildman–Crippen LogP) is 3.91. The van der Waals surface area contributed by atoms with E-state index in [1.165, 1.54) is 0 Å². The Balaban J connectivity index is 2.24. The molecule has 4 N–H and O–H groups in total. The first-order valence-electron chi connectivity index (χ1n) is 6.73. The van der Waals surface area contributed by atoms with Gasteiger partial charge in [-0.05, 0) is 31.5 Å². The molecule has 0 fully saturated rings. The largest absolute Gasteiger partial charge is 0.399 e. The number of aryl methyl sites for hydroxylation is 1. The number of nitrogens with zero attached hydrogens (tertiary/aromatic N) is 1. The smallest absolute Gasteiger partial charge is 0.187 e. The summed E-state index contributed by atoms with van der Waals surface area (Å²) in [5.74, 6) is 0. The van der Waals surface area contributed by atoms with E-state index in [9.17, 15) is 0 Å². The highest BCUT2D eigenvalue weighted by Crippen LogP contribution is 2.27. The predicted molar refractivity (Wildman–Crippen MR) is 92.8 cm³/mol. The van der Waals surface area contributed by atoms with E-state index in [0.29, 0.717) is 0 Å². The van der Waals surface area contributed by atoms with Crippen molar-refractivity contribution in [1.82, 2.24) is 10.3 Å². The Hall–Kier alpha value is -2.27. The van der Waals surface area contributed by atoms with Crippen LogP contribution < -0.4 is 16.4 Å². The van der Waals surface area contributed by atoms with Crippen molar-refractivity contribution in [3.63, 3.8) is 0 Å². The number of nitrogen functional groups attached to an aromatic ring is 1. The maximum Gasteiger partial charge on any atom is 0.187 e. The lowest BCUT2D eigenvalue weighted by molar-refractivity contribution is 1.10. The van der Waals surface area contributed by atoms with Crippen LogP contribution in [0.2, 0.25) is 0 Å². The minimum Gasteiger partial charge on any atom is -0.399 e. The molecule has 2 rings (SSSR count). The van der Waals surface area contributed by atoms with Gasteiger partial charge >= 0.3 is 0 Å². The van der Waals surface area contributed by atoms with Gasteiger partial charge in [0.1, 0.15) is 0 Å². The summed E-state index contributed by atoms with van der Waals surface area (Å²) < 4.78 is 0. The van der Waals surface area contributed by atoms with Crippen molar-refractivity contribution in [2.24, 2.45) is 0 Å². The van der Waals surface area contributed by atoms with Crippen molar-refractivity contribution in [2.75, 3.05) is 18.1 Å². The topological polar surface area (TPSA) is 63.0 Å². The highest BCUT2D eigenvalue weighted by Gasteiger charge is 2.07. The molecule has 2 aromatic rings. The Morgan fingerprint density at radius 1 is 1.38 bits per heavy atom. The summed E-state index contributed by atoms with van der Waals surface area (Å²) in [6, 6.07) is 5.82. The first kappa shape index (κ1) is 15.1. The number of hydrogen-bond donors (Lipinski definition) is 3. The number of rotatable bonds is 5. The van der Waals surface area contributed by atoms with Gasteiger partial charge in [0.05, 0.1) is 5.69 Å². The molecule has 0 atom stereocenters. The second kappa shape index (κ2) is 6.95. The van der Waals surface area contributed by atoms with E-state index in [1.807, 2.05) is 62.8 Å². The van der Waals surface area contributed by atoms with E-state index in [4.69, 9.17) is 5.73 Å². The third-order valence-corrected chi connectivity index (χ3v) is 3.71. The van der Waals surface area contributed by atoms with E-state index < -0.39 is 0 Å². The molecule has 21 heavy (non-hydrogen) atoms. The average Bonchev–Trinajstić information content (AvgIpc) is 2.91. The number of anilines is 3. The zero-order chi connectivity index (χ0) is 15.2. The van der Waals surface area contributed by atoms with Gasteiger partial charge in [-0.15, -0.1) is 11.3 Å². The van der Waals surface area contributed by atoms with Crippen molar-refractivity contribution >= 4 is 33.4 Å². The van der Waals surface area contributed by atoms with E-state index in [-0.39, 0.29) is 0 Å². The van der Waals surface area contributed by atoms with Gasteiger partial charge in [-0.2, -0.15) is 0 Å². The molecule has 0 bridgehead atoms. The molecule has 0 aliphatic carbocycles. The molecule has 1 heterocycles. The van der Waals surface area contributed by atoms with E-state index >= 15 is 0 Å². The molecule has 0 radical (unpaired) electrons. The molecule has 1 aromatic carbocycles. The standard InChI is InChI=1S/C16H20N4S/c1-4-5-12(9-18-3)15-10-21-16(20-15)19-14-8-13(17)7-6-11(14)2/h4-10,18H,17H2,1-3H3,(H,19,20)/b5-4-,12-9+. The van der Waals surface area contributed by atoms with Crippen LogP contribution in [-0.4, -0.2) is 12.0 Å². The van der Waals surface area contributed by atoms with Crippen molar-refractivity contribution < 1.29 is 0 Å². The average molecular weight is 300 g/mol. The summed E-state index contributed by atoms with van der Waals surface area (Å²) in [7, 11) is 1.88. The number of nitrogens with one attached hydrogen (secondary N) is 2. The molecule has 5 heteroatoms. The molecule has 1 aromatic heterocycles. The monoisotopic (exact) mass is 300 g/mol. The van der Waals surface area contributed by atoms with Crippen LogP contribution in [0.5, 0.6) is 0 Å². The maximum atomic E-state index is 5.83. The van der Waals surface area contributed by atoms with Gasteiger partial charge in [-0.1, -0.05) is 18.2 Å². The summed E-state index contributed by atoms with van der Waals surface area (Å²) in [4.78, 5) is 4.62. The van der Waals surface area contributed by atoms with Crippen LogP contribution in [0.15, 0.2) is 41.9 Å². The van der Waals surface area contributed by atoms with Gasteiger partial charge in [-0.25, -0.2) is 4.98 Å². The van der Waals surface area contributed by atoms with Crippen LogP contribution in [0, 0.1) is 6.92 Å². The second-order valence-corrected chi connectivity index (χ2v) is 5.48. The number of allylic oxidation sites excluding steroid dienone is 3. The molecule has 110 valence electrons. The Labute approximate surface area is 129 Å². The normalized spacial score (nSPS) is 11.9. The molecular formula is C16H20N4S. The van der Waals surface area contributed by atoms with Gasteiger partial charge in [0.15, 0.2) is 5.13 Å². The van der Waals surface area contributed by atoms with Crippen LogP contribution in [0.3, 0.4) is 0 Å². The van der Waals surface area contributed by atoms with E-state index in [2.05, 4.69) is 15.6 Å². The summed E-state index contributed by atoms with van der Waals surface area (Å²) in [5, 5.41) is 9.26. The third-order valence-electron chi connectivity index (χ3n) is 2.95. The van der Waals surface area contributed by atoms with Gasteiger partial charge in [0.2, 0.25) is 0 Å². The Morgan fingerprint density at radius 3 is 2.90 bits per heavy atom. The molecule has 0 aliphatic heterocycles. The van der Waals surface area contributed by atoms with Crippen molar-refractivity contribution in [3.05, 3.63) is 53.2 Å². The minimum absolute atomic E-state index is 0.740. The number of nitrogens with two attached hydrogens (primary N) is 1. The summed E-state index contributed by atoms with van der Waals surface area (Å²) in [6.45, 7) is 4.04. The first-order valence-corrected chi connectivity index (χ1v) is 7.61. The fourth-order valence-corrected chi connectivity index (χ4v) is 2.63. The first-order chi connectivity index (χ1) is 10.1. The number of hydrogen-bond acceptors (Lipinski definition) is 5. The number of aromatic nitrogens is 1. The lowest BCUT2D eigenvalue weighted by Crippen LogP contribution is -1.97. The molecule has 0 spiro atoms. The summed E-state index contributed by atoms with van der Waals surface area (Å²) in [6.07, 6.45) is 5.96. The summed E-state index contributed by atoms with van der Waals surface area (Å²) in [5.41, 5.74) is 10.7. The number of benzene rings is 1. The summed E-state index contributed by atoms with van der Waals surface area (Å²) >= 11 is 1.57. The fourth-order valence-electron chi connectivity index (χ4n) is 1.90. The van der Waals surface area contributed by atoms with Crippen molar-refractivity contribution in [3.8, 4) is 0 Å². The maximum absolute atomic E-state index is 5.83. The van der Waals surface area contributed by atoms with E-state index in [0.717, 1.165) is 33.3 Å². The zero-order valence-electron chi connectivity index (χ0n) is 12.5. The van der Waals surface area contributed by atoms with Crippen molar-refractivity contribution in [1.29, 1.82) is 0 Å². The van der Waals surface area contributed by atoms with Crippen molar-refractivity contribution in [2.45, 2.75) is 13.8 Å². The SMILES string of the molecule is C/C=C\C(=C/NC)c1csc(Nc2cc(N)ccc2C)n1. The van der Waals surface area contributed by atoms with Gasteiger partial charge in [0.25, 0.3) is 0 Å². The molecule has 4 nitrogen and oxygen atoms in total. The van der Waals surface area contributed by atoms with Crippen LogP contribution in [0.1, 0.15) is 18.2 Å². The molecule has 0 amide bonds. The minimum atomic E-state index is 0.740. The highest BCUT2D eigenvalue weighted by molar-refractivity contribution is 7.13. The fraction of sp³-hybridized carbons (Fsp3) is 0.188. The van der Waals surface area contributed by atoms with Gasteiger partial charge in [0, 0.05) is 35.6 Å². The lowest BCUT2D eigenvalue weighted by Gasteiger charge is -2.07. The Kier molecular flexibility index (Phi) is 5.00. The van der Waals surface area contributed by atoms with Crippen LogP contribution in [-0.2, 0) is 0 Å². The van der Waals surface area contributed by atoms with Crippen LogP contribution in [0.25, 0.3) is 5.57 Å². The van der Waals surface area contributed by atoms with Gasteiger partial charge in [-0.3, -0.25) is 0 Å². The van der Waals surface area contributed by atoms with Crippen LogP contribution >= 0.6 is 11.3 Å². The Bertz CT molecular complexity index is 671. The van der Waals surface area contributed by atoms with Crippen LogP contribution in [0.4, 0.5) is 16.5 Å². The highest BCUT2D eigenvalue weighted by atomic mass is 32.1. The second-order valence-electron chi connectivity index (χ2n) is 4.63. The lowest BCUT2D eigenvalue weighted by atomic mass is 10.2.